The number of unbranched alkanes of at least 4 members (excludes halogenated alkanes) is 1. The number of hydrogen-bond acceptors (Lipinski definition) is 0. The smallest absolute Gasteiger partial charge is 0.0937 e. The molecule has 2 heteroatoms. The van der Waals surface area contributed by atoms with E-state index in [1.165, 1.54) is 24.1 Å². The molecular formula is C12H17ClSi. The lowest BCUT2D eigenvalue weighted by molar-refractivity contribution is 0.878. The number of halogens is 1. The topological polar surface area (TPSA) is 0 Å². The van der Waals surface area contributed by atoms with E-state index in [0.717, 1.165) is 0 Å². The molecule has 0 heterocycles. The predicted molar refractivity (Wildman–Crippen MR) is 67.9 cm³/mol. The van der Waals surface area contributed by atoms with Crippen molar-refractivity contribution in [1.82, 2.24) is 0 Å². The molecule has 0 amide bonds. The number of benzene rings is 1. The summed E-state index contributed by atoms with van der Waals surface area (Å²) in [7, 11) is -0.922. The Bertz CT molecular complexity index is 269. The molecule has 0 spiro atoms. The van der Waals surface area contributed by atoms with Crippen molar-refractivity contribution in [3.8, 4) is 0 Å². The van der Waals surface area contributed by atoms with Crippen molar-refractivity contribution in [2.45, 2.75) is 25.8 Å². The van der Waals surface area contributed by atoms with Crippen LogP contribution in [0.4, 0.5) is 0 Å². The lowest BCUT2D eigenvalue weighted by Gasteiger charge is -2.10. The van der Waals surface area contributed by atoms with Gasteiger partial charge in [-0.15, -0.1) is 0 Å². The van der Waals surface area contributed by atoms with Crippen LogP contribution in [-0.2, 0) is 0 Å². The van der Waals surface area contributed by atoms with E-state index in [1.54, 1.807) is 5.54 Å². The Labute approximate surface area is 93.2 Å². The summed E-state index contributed by atoms with van der Waals surface area (Å²) in [6, 6.07) is 12.1. The van der Waals surface area contributed by atoms with E-state index in [0.29, 0.717) is 0 Å². The van der Waals surface area contributed by atoms with E-state index in [-0.39, 0.29) is 0 Å². The molecule has 0 aromatic heterocycles. The molecule has 1 unspecified atom stereocenters. The molecular weight excluding hydrogens is 208 g/mol. The predicted octanol–water partition coefficient (Wildman–Crippen LogP) is 3.21. The maximum Gasteiger partial charge on any atom is 0.0951 e. The first-order valence-corrected chi connectivity index (χ1v) is 7.70. The third-order valence-corrected chi connectivity index (χ3v) is 5.72. The molecule has 0 nitrogen and oxygen atoms in total. The van der Waals surface area contributed by atoms with Gasteiger partial charge in [-0.2, -0.15) is 0 Å². The minimum Gasteiger partial charge on any atom is -0.0937 e. The van der Waals surface area contributed by atoms with E-state index < -0.39 is 8.80 Å². The van der Waals surface area contributed by atoms with Gasteiger partial charge >= 0.3 is 0 Å². The first-order valence-electron chi connectivity index (χ1n) is 5.20. The quantitative estimate of drug-likeness (QED) is 0.674. The van der Waals surface area contributed by atoms with Crippen LogP contribution in [0.5, 0.6) is 0 Å². The van der Waals surface area contributed by atoms with E-state index in [9.17, 15) is 0 Å². The van der Waals surface area contributed by atoms with Gasteiger partial charge in [-0.1, -0.05) is 78.6 Å². The van der Waals surface area contributed by atoms with Gasteiger partial charge in [-0.3, -0.25) is 0 Å². The summed E-state index contributed by atoms with van der Waals surface area (Å²) in [4.78, 5) is 0. The van der Waals surface area contributed by atoms with E-state index in [4.69, 9.17) is 11.6 Å². The maximum atomic E-state index is 5.68. The molecule has 0 saturated heterocycles. The maximum absolute atomic E-state index is 5.68. The largest absolute Gasteiger partial charge is 0.0951 e. The molecule has 76 valence electrons. The summed E-state index contributed by atoms with van der Waals surface area (Å²) >= 11 is 5.68. The van der Waals surface area contributed by atoms with Gasteiger partial charge in [0.2, 0.25) is 0 Å². The highest BCUT2D eigenvalue weighted by atomic mass is 35.5. The van der Waals surface area contributed by atoms with Crippen molar-refractivity contribution in [3.05, 3.63) is 41.6 Å². The zero-order chi connectivity index (χ0) is 10.2. The van der Waals surface area contributed by atoms with Crippen molar-refractivity contribution in [2.24, 2.45) is 0 Å². The fraction of sp³-hybridized carbons (Fsp3) is 0.333. The van der Waals surface area contributed by atoms with Crippen LogP contribution in [0.25, 0.3) is 0 Å². The SMILES string of the molecule is CCCC[SiH](C=CCl)c1ccccc1. The Kier molecular flexibility index (Phi) is 5.65. The van der Waals surface area contributed by atoms with Crippen molar-refractivity contribution in [2.75, 3.05) is 0 Å². The van der Waals surface area contributed by atoms with Gasteiger partial charge in [-0.25, -0.2) is 0 Å². The molecule has 1 atom stereocenters. The Balaban J connectivity index is 2.67. The Hall–Kier alpha value is -0.533. The standard InChI is InChI=1S/C12H17ClSi/c1-2-3-10-14(11-9-13)12-7-5-4-6-8-12/h4-9,11,14H,2-3,10H2,1H3. The zero-order valence-corrected chi connectivity index (χ0v) is 10.5. The van der Waals surface area contributed by atoms with Gasteiger partial charge in [-0.05, 0) is 5.54 Å². The van der Waals surface area contributed by atoms with Crippen LogP contribution in [0.1, 0.15) is 19.8 Å². The van der Waals surface area contributed by atoms with Crippen molar-refractivity contribution < 1.29 is 0 Å². The highest BCUT2D eigenvalue weighted by Gasteiger charge is 2.08. The molecule has 1 aromatic rings. The van der Waals surface area contributed by atoms with E-state index in [1.807, 2.05) is 0 Å². The van der Waals surface area contributed by atoms with Crippen LogP contribution < -0.4 is 5.19 Å². The average molecular weight is 225 g/mol. The van der Waals surface area contributed by atoms with E-state index >= 15 is 0 Å². The molecule has 0 saturated carbocycles. The minimum atomic E-state index is -0.922. The average Bonchev–Trinajstić information content (AvgIpc) is 2.25. The third-order valence-electron chi connectivity index (χ3n) is 2.40. The molecule has 0 radical (unpaired) electrons. The van der Waals surface area contributed by atoms with Gasteiger partial charge in [0.1, 0.15) is 0 Å². The first-order chi connectivity index (χ1) is 6.88. The summed E-state index contributed by atoms with van der Waals surface area (Å²) in [5.41, 5.74) is 3.91. The van der Waals surface area contributed by atoms with Crippen molar-refractivity contribution in [1.29, 1.82) is 0 Å². The number of hydrogen-bond donors (Lipinski definition) is 0. The second kappa shape index (κ2) is 6.85. The Morgan fingerprint density at radius 1 is 1.29 bits per heavy atom. The monoisotopic (exact) mass is 224 g/mol. The minimum absolute atomic E-state index is 0.922. The second-order valence-electron chi connectivity index (χ2n) is 3.48. The van der Waals surface area contributed by atoms with Crippen LogP contribution in [0, 0.1) is 0 Å². The van der Waals surface area contributed by atoms with E-state index in [2.05, 4.69) is 43.0 Å². The fourth-order valence-electron chi connectivity index (χ4n) is 1.59. The lowest BCUT2D eigenvalue weighted by atomic mass is 10.4. The summed E-state index contributed by atoms with van der Waals surface area (Å²) in [5.74, 6) is 0. The Morgan fingerprint density at radius 3 is 2.57 bits per heavy atom. The highest BCUT2D eigenvalue weighted by molar-refractivity contribution is 6.78. The summed E-state index contributed by atoms with van der Waals surface area (Å²) < 4.78 is 0. The van der Waals surface area contributed by atoms with Crippen LogP contribution >= 0.6 is 11.6 Å². The molecule has 0 aliphatic heterocycles. The summed E-state index contributed by atoms with van der Waals surface area (Å²) in [5, 5.41) is 1.50. The fourth-order valence-corrected chi connectivity index (χ4v) is 4.60. The first kappa shape index (κ1) is 11.5. The lowest BCUT2D eigenvalue weighted by Crippen LogP contribution is -2.27. The molecule has 0 aliphatic carbocycles. The normalized spacial score (nSPS) is 13.3. The van der Waals surface area contributed by atoms with Crippen LogP contribution in [0.2, 0.25) is 6.04 Å². The molecule has 0 aliphatic rings. The van der Waals surface area contributed by atoms with Crippen LogP contribution in [-0.4, -0.2) is 8.80 Å². The van der Waals surface area contributed by atoms with Gasteiger partial charge in [0.15, 0.2) is 0 Å². The van der Waals surface area contributed by atoms with Crippen molar-refractivity contribution >= 4 is 25.6 Å². The second-order valence-corrected chi connectivity index (χ2v) is 6.57. The zero-order valence-electron chi connectivity index (χ0n) is 8.62. The summed E-state index contributed by atoms with van der Waals surface area (Å²) in [6.07, 6.45) is 2.58. The van der Waals surface area contributed by atoms with Gasteiger partial charge in [0, 0.05) is 0 Å². The molecule has 0 fully saturated rings. The number of rotatable bonds is 5. The van der Waals surface area contributed by atoms with Crippen LogP contribution in [0.3, 0.4) is 0 Å². The molecule has 14 heavy (non-hydrogen) atoms. The highest BCUT2D eigenvalue weighted by Crippen LogP contribution is 2.04. The van der Waals surface area contributed by atoms with Gasteiger partial charge in [0.05, 0.1) is 8.80 Å². The molecule has 0 N–H and O–H groups in total. The van der Waals surface area contributed by atoms with Gasteiger partial charge in [0.25, 0.3) is 0 Å². The Morgan fingerprint density at radius 2 is 2.00 bits per heavy atom. The van der Waals surface area contributed by atoms with Crippen molar-refractivity contribution in [3.63, 3.8) is 0 Å². The summed E-state index contributed by atoms with van der Waals surface area (Å²) in [6.45, 7) is 2.24. The third kappa shape index (κ3) is 3.68. The molecule has 1 rings (SSSR count). The molecule has 0 bridgehead atoms. The van der Waals surface area contributed by atoms with Gasteiger partial charge < -0.3 is 0 Å². The van der Waals surface area contributed by atoms with Crippen LogP contribution in [0.15, 0.2) is 41.6 Å². The molecule has 1 aromatic carbocycles.